The molecule has 0 unspecified atom stereocenters. The summed E-state index contributed by atoms with van der Waals surface area (Å²) in [6.45, 7) is 2.12. The topological polar surface area (TPSA) is 66.4 Å². The number of benzene rings is 2. The van der Waals surface area contributed by atoms with Crippen LogP contribution in [0.1, 0.15) is 27.6 Å². The van der Waals surface area contributed by atoms with Crippen LogP contribution in [-0.4, -0.2) is 23.5 Å². The molecule has 0 atom stereocenters. The third-order valence-corrected chi connectivity index (χ3v) is 3.40. The van der Waals surface area contributed by atoms with Crippen molar-refractivity contribution in [2.75, 3.05) is 6.54 Å². The minimum absolute atomic E-state index is 0.0678. The molecule has 0 heterocycles. The third kappa shape index (κ3) is 3.09. The molecule has 114 valence electrons. The van der Waals surface area contributed by atoms with Gasteiger partial charge in [-0.2, -0.15) is 0 Å². The predicted molar refractivity (Wildman–Crippen MR) is 81.8 cm³/mol. The van der Waals surface area contributed by atoms with E-state index in [0.29, 0.717) is 17.7 Å². The van der Waals surface area contributed by atoms with E-state index in [2.05, 4.69) is 5.32 Å². The second kappa shape index (κ2) is 6.58. The number of rotatable bonds is 4. The van der Waals surface area contributed by atoms with Crippen LogP contribution in [0.3, 0.4) is 0 Å². The Kier molecular flexibility index (Phi) is 4.78. The normalized spacial score (nSPS) is 10.3. The lowest BCUT2D eigenvalue weighted by Crippen LogP contribution is -2.23. The number of hydrogen-bond acceptors (Lipinski definition) is 2. The lowest BCUT2D eigenvalue weighted by Gasteiger charge is -2.10. The van der Waals surface area contributed by atoms with E-state index in [0.717, 1.165) is 6.07 Å². The fourth-order valence-electron chi connectivity index (χ4n) is 2.10. The second-order valence-corrected chi connectivity index (χ2v) is 4.93. The molecule has 0 aliphatic carbocycles. The SMILES string of the molecule is CCNC(=O)c1ccc(-c2cccc(Cl)c2C(=O)O)cc1F. The Labute approximate surface area is 131 Å². The van der Waals surface area contributed by atoms with E-state index < -0.39 is 17.7 Å². The highest BCUT2D eigenvalue weighted by molar-refractivity contribution is 6.34. The van der Waals surface area contributed by atoms with Crippen LogP contribution in [0.2, 0.25) is 5.02 Å². The Morgan fingerprint density at radius 3 is 2.59 bits per heavy atom. The van der Waals surface area contributed by atoms with Gasteiger partial charge in [-0.1, -0.05) is 29.8 Å². The maximum Gasteiger partial charge on any atom is 0.337 e. The first kappa shape index (κ1) is 16.0. The molecule has 4 nitrogen and oxygen atoms in total. The molecule has 2 aromatic carbocycles. The molecule has 0 aliphatic rings. The van der Waals surface area contributed by atoms with Crippen LogP contribution in [0.5, 0.6) is 0 Å². The minimum atomic E-state index is -1.20. The van der Waals surface area contributed by atoms with Crippen molar-refractivity contribution in [3.63, 3.8) is 0 Å². The van der Waals surface area contributed by atoms with Gasteiger partial charge in [-0.05, 0) is 36.2 Å². The number of hydrogen-bond donors (Lipinski definition) is 2. The van der Waals surface area contributed by atoms with Gasteiger partial charge in [-0.3, -0.25) is 4.79 Å². The largest absolute Gasteiger partial charge is 0.478 e. The predicted octanol–water partition coefficient (Wildman–Crippen LogP) is 3.59. The summed E-state index contributed by atoms with van der Waals surface area (Å²) in [7, 11) is 0. The van der Waals surface area contributed by atoms with E-state index in [4.69, 9.17) is 11.6 Å². The third-order valence-electron chi connectivity index (χ3n) is 3.09. The Bertz CT molecular complexity index is 746. The quantitative estimate of drug-likeness (QED) is 0.904. The first-order valence-corrected chi connectivity index (χ1v) is 6.93. The highest BCUT2D eigenvalue weighted by atomic mass is 35.5. The van der Waals surface area contributed by atoms with Gasteiger partial charge in [-0.25, -0.2) is 9.18 Å². The van der Waals surface area contributed by atoms with Gasteiger partial charge in [0.1, 0.15) is 5.82 Å². The second-order valence-electron chi connectivity index (χ2n) is 4.52. The Morgan fingerprint density at radius 2 is 2.00 bits per heavy atom. The monoisotopic (exact) mass is 321 g/mol. The number of halogens is 2. The summed E-state index contributed by atoms with van der Waals surface area (Å²) in [5, 5.41) is 11.8. The van der Waals surface area contributed by atoms with Gasteiger partial charge >= 0.3 is 5.97 Å². The van der Waals surface area contributed by atoms with Crippen molar-refractivity contribution in [3.8, 4) is 11.1 Å². The van der Waals surface area contributed by atoms with Gasteiger partial charge in [0, 0.05) is 6.54 Å². The van der Waals surface area contributed by atoms with Crippen molar-refractivity contribution in [2.24, 2.45) is 0 Å². The van der Waals surface area contributed by atoms with Crippen LogP contribution in [0.15, 0.2) is 36.4 Å². The van der Waals surface area contributed by atoms with Crippen molar-refractivity contribution in [2.45, 2.75) is 6.92 Å². The number of aromatic carboxylic acids is 1. The van der Waals surface area contributed by atoms with Crippen molar-refractivity contribution in [3.05, 3.63) is 58.4 Å². The van der Waals surface area contributed by atoms with Crippen molar-refractivity contribution in [1.29, 1.82) is 0 Å². The molecular weight excluding hydrogens is 309 g/mol. The number of amides is 1. The summed E-state index contributed by atoms with van der Waals surface area (Å²) in [6, 6.07) is 8.51. The van der Waals surface area contributed by atoms with E-state index in [1.165, 1.54) is 24.3 Å². The zero-order chi connectivity index (χ0) is 16.3. The zero-order valence-corrected chi connectivity index (χ0v) is 12.4. The average molecular weight is 322 g/mol. The van der Waals surface area contributed by atoms with Crippen LogP contribution in [-0.2, 0) is 0 Å². The standard InChI is InChI=1S/C16H13ClFNO3/c1-2-19-15(20)11-7-6-9(8-13(11)18)10-4-3-5-12(17)14(10)16(21)22/h3-8H,2H2,1H3,(H,19,20)(H,21,22). The van der Waals surface area contributed by atoms with Gasteiger partial charge in [0.05, 0.1) is 16.1 Å². The molecule has 22 heavy (non-hydrogen) atoms. The van der Waals surface area contributed by atoms with Crippen LogP contribution in [0.4, 0.5) is 4.39 Å². The summed E-state index contributed by atoms with van der Waals surface area (Å²) in [5.74, 6) is -2.44. The van der Waals surface area contributed by atoms with E-state index in [1.807, 2.05) is 0 Å². The molecule has 0 aromatic heterocycles. The van der Waals surface area contributed by atoms with Crippen molar-refractivity contribution < 1.29 is 19.1 Å². The van der Waals surface area contributed by atoms with Crippen LogP contribution < -0.4 is 5.32 Å². The summed E-state index contributed by atoms with van der Waals surface area (Å²) in [4.78, 5) is 23.0. The van der Waals surface area contributed by atoms with Crippen molar-refractivity contribution >= 4 is 23.5 Å². The van der Waals surface area contributed by atoms with Gasteiger partial charge in [-0.15, -0.1) is 0 Å². The van der Waals surface area contributed by atoms with Gasteiger partial charge < -0.3 is 10.4 Å². The molecule has 0 spiro atoms. The van der Waals surface area contributed by atoms with Gasteiger partial charge in [0.25, 0.3) is 5.91 Å². The number of nitrogens with one attached hydrogen (secondary N) is 1. The fourth-order valence-corrected chi connectivity index (χ4v) is 2.36. The maximum absolute atomic E-state index is 14.1. The molecule has 6 heteroatoms. The number of carbonyl (C=O) groups excluding carboxylic acids is 1. The lowest BCUT2D eigenvalue weighted by atomic mass is 9.98. The molecule has 0 fully saturated rings. The molecule has 2 rings (SSSR count). The van der Waals surface area contributed by atoms with Crippen LogP contribution in [0, 0.1) is 5.82 Å². The smallest absolute Gasteiger partial charge is 0.337 e. The first-order chi connectivity index (χ1) is 10.5. The highest BCUT2D eigenvalue weighted by Crippen LogP contribution is 2.30. The van der Waals surface area contributed by atoms with E-state index in [9.17, 15) is 19.1 Å². The number of carbonyl (C=O) groups is 2. The summed E-state index contributed by atoms with van der Waals surface area (Å²) >= 11 is 5.90. The summed E-state index contributed by atoms with van der Waals surface area (Å²) in [6.07, 6.45) is 0. The maximum atomic E-state index is 14.1. The van der Waals surface area contributed by atoms with Gasteiger partial charge in [0.2, 0.25) is 0 Å². The molecule has 0 radical (unpaired) electrons. The Balaban J connectivity index is 2.52. The van der Waals surface area contributed by atoms with Crippen molar-refractivity contribution in [1.82, 2.24) is 5.32 Å². The molecular formula is C16H13ClFNO3. The van der Waals surface area contributed by atoms with Crippen LogP contribution >= 0.6 is 11.6 Å². The Hall–Kier alpha value is -2.40. The highest BCUT2D eigenvalue weighted by Gasteiger charge is 2.18. The van der Waals surface area contributed by atoms with Crippen LogP contribution in [0.25, 0.3) is 11.1 Å². The fraction of sp³-hybridized carbons (Fsp3) is 0.125. The lowest BCUT2D eigenvalue weighted by molar-refractivity contribution is 0.0697. The molecule has 1 amide bonds. The molecule has 2 N–H and O–H groups in total. The number of carboxylic acids is 1. The molecule has 0 aliphatic heterocycles. The van der Waals surface area contributed by atoms with Gasteiger partial charge in [0.15, 0.2) is 0 Å². The Morgan fingerprint density at radius 1 is 1.27 bits per heavy atom. The molecule has 0 saturated heterocycles. The average Bonchev–Trinajstić information content (AvgIpc) is 2.46. The number of carboxylic acid groups (broad SMARTS) is 1. The van der Waals surface area contributed by atoms with E-state index in [-0.39, 0.29) is 16.1 Å². The minimum Gasteiger partial charge on any atom is -0.478 e. The summed E-state index contributed by atoms with van der Waals surface area (Å²) < 4.78 is 14.1. The van der Waals surface area contributed by atoms with E-state index in [1.54, 1.807) is 13.0 Å². The summed E-state index contributed by atoms with van der Waals surface area (Å²) in [5.41, 5.74) is 0.436. The zero-order valence-electron chi connectivity index (χ0n) is 11.7. The molecule has 0 saturated carbocycles. The molecule has 0 bridgehead atoms. The molecule has 2 aromatic rings. The van der Waals surface area contributed by atoms with E-state index >= 15 is 0 Å². The first-order valence-electron chi connectivity index (χ1n) is 6.55.